The van der Waals surface area contributed by atoms with Crippen LogP contribution in [0.1, 0.15) is 17.7 Å². The summed E-state index contributed by atoms with van der Waals surface area (Å²) in [5.74, 6) is 0.938. The highest BCUT2D eigenvalue weighted by Gasteiger charge is 2.18. The first-order valence-electron chi connectivity index (χ1n) is 11.4. The van der Waals surface area contributed by atoms with Gasteiger partial charge in [0.25, 0.3) is 0 Å². The molecule has 0 fully saturated rings. The molecular formula is C31H21NO. The third kappa shape index (κ3) is 2.74. The van der Waals surface area contributed by atoms with Crippen molar-refractivity contribution < 1.29 is 4.42 Å². The van der Waals surface area contributed by atoms with E-state index in [1.165, 1.54) is 38.6 Å². The van der Waals surface area contributed by atoms with Crippen LogP contribution in [-0.2, 0) is 0 Å². The second-order valence-corrected chi connectivity index (χ2v) is 8.52. The zero-order valence-electron chi connectivity index (χ0n) is 18.0. The number of nitrogens with zero attached hydrogens (tertiary/aromatic N) is 1. The molecule has 33 heavy (non-hydrogen) atoms. The molecule has 2 heteroatoms. The number of aromatic nitrogens is 1. The number of hydrogen-bond acceptors (Lipinski definition) is 1. The van der Waals surface area contributed by atoms with Gasteiger partial charge >= 0.3 is 0 Å². The molecule has 156 valence electrons. The van der Waals surface area contributed by atoms with Crippen molar-refractivity contribution in [3.63, 3.8) is 0 Å². The summed E-state index contributed by atoms with van der Waals surface area (Å²) in [5.41, 5.74) is 8.12. The van der Waals surface area contributed by atoms with E-state index in [9.17, 15) is 0 Å². The van der Waals surface area contributed by atoms with E-state index in [0.29, 0.717) is 0 Å². The Morgan fingerprint density at radius 2 is 1.48 bits per heavy atom. The van der Waals surface area contributed by atoms with Crippen LogP contribution in [-0.4, -0.2) is 4.57 Å². The molecule has 0 N–H and O–H groups in total. The molecule has 6 aromatic rings. The van der Waals surface area contributed by atoms with Crippen molar-refractivity contribution in [1.29, 1.82) is 0 Å². The summed E-state index contributed by atoms with van der Waals surface area (Å²) in [4.78, 5) is 0. The second-order valence-electron chi connectivity index (χ2n) is 8.52. The van der Waals surface area contributed by atoms with E-state index < -0.39 is 0 Å². The third-order valence-corrected chi connectivity index (χ3v) is 6.60. The van der Waals surface area contributed by atoms with Crippen molar-refractivity contribution in [3.8, 4) is 16.8 Å². The fourth-order valence-corrected chi connectivity index (χ4v) is 5.14. The van der Waals surface area contributed by atoms with Gasteiger partial charge in [0.05, 0.1) is 11.0 Å². The Morgan fingerprint density at radius 1 is 0.667 bits per heavy atom. The molecule has 0 amide bonds. The lowest BCUT2D eigenvalue weighted by atomic mass is 9.99. The topological polar surface area (TPSA) is 18.1 Å². The molecule has 0 spiro atoms. The smallest absolute Gasteiger partial charge is 0.135 e. The average molecular weight is 424 g/mol. The van der Waals surface area contributed by atoms with Gasteiger partial charge in [0, 0.05) is 33.0 Å². The quantitative estimate of drug-likeness (QED) is 0.273. The van der Waals surface area contributed by atoms with Gasteiger partial charge in [-0.25, -0.2) is 0 Å². The van der Waals surface area contributed by atoms with Gasteiger partial charge in [-0.05, 0) is 48.4 Å². The number of benzene rings is 4. The minimum atomic E-state index is 0.927. The first-order valence-corrected chi connectivity index (χ1v) is 11.4. The maximum absolute atomic E-state index is 6.15. The van der Waals surface area contributed by atoms with Crippen LogP contribution in [0.3, 0.4) is 0 Å². The fraction of sp³-hybridized carbons (Fsp3) is 0.0323. The van der Waals surface area contributed by atoms with Gasteiger partial charge in [-0.2, -0.15) is 0 Å². The van der Waals surface area contributed by atoms with E-state index in [4.69, 9.17) is 4.42 Å². The second kappa shape index (κ2) is 7.11. The maximum Gasteiger partial charge on any atom is 0.135 e. The molecule has 0 unspecified atom stereocenters. The van der Waals surface area contributed by atoms with Crippen molar-refractivity contribution >= 4 is 44.9 Å². The summed E-state index contributed by atoms with van der Waals surface area (Å²) in [6.45, 7) is 0. The van der Waals surface area contributed by atoms with Gasteiger partial charge in [-0.1, -0.05) is 78.9 Å². The molecule has 0 saturated heterocycles. The zero-order chi connectivity index (χ0) is 21.8. The molecule has 4 aromatic carbocycles. The van der Waals surface area contributed by atoms with Crippen LogP contribution in [0.5, 0.6) is 0 Å². The number of allylic oxidation sites excluding steroid dienone is 2. The number of para-hydroxylation sites is 3. The van der Waals surface area contributed by atoms with Crippen LogP contribution in [0.25, 0.3) is 61.7 Å². The fourth-order valence-electron chi connectivity index (χ4n) is 5.14. The molecule has 0 saturated carbocycles. The Kier molecular flexibility index (Phi) is 3.94. The molecule has 0 bridgehead atoms. The Balaban J connectivity index is 1.57. The predicted molar refractivity (Wildman–Crippen MR) is 139 cm³/mol. The van der Waals surface area contributed by atoms with Crippen LogP contribution < -0.4 is 0 Å². The Bertz CT molecular complexity index is 1730. The van der Waals surface area contributed by atoms with Crippen molar-refractivity contribution in [3.05, 3.63) is 114 Å². The lowest BCUT2D eigenvalue weighted by Gasteiger charge is -2.12. The molecule has 1 aliphatic carbocycles. The molecule has 7 rings (SSSR count). The van der Waals surface area contributed by atoms with E-state index in [1.54, 1.807) is 0 Å². The number of rotatable bonds is 2. The highest BCUT2D eigenvalue weighted by Crippen LogP contribution is 2.40. The van der Waals surface area contributed by atoms with Crippen LogP contribution in [0.15, 0.2) is 108 Å². The van der Waals surface area contributed by atoms with Crippen LogP contribution in [0.4, 0.5) is 0 Å². The van der Waals surface area contributed by atoms with Crippen molar-refractivity contribution in [2.24, 2.45) is 0 Å². The first kappa shape index (κ1) is 18.3. The molecule has 2 nitrogen and oxygen atoms in total. The van der Waals surface area contributed by atoms with Gasteiger partial charge < -0.3 is 8.98 Å². The lowest BCUT2D eigenvalue weighted by molar-refractivity contribution is 0.603. The van der Waals surface area contributed by atoms with Gasteiger partial charge in [0.1, 0.15) is 11.3 Å². The first-order chi connectivity index (χ1) is 16.4. The minimum absolute atomic E-state index is 0.927. The molecule has 0 atom stereocenters. The van der Waals surface area contributed by atoms with E-state index in [-0.39, 0.29) is 0 Å². The molecular weight excluding hydrogens is 402 g/mol. The summed E-state index contributed by atoms with van der Waals surface area (Å²) >= 11 is 0. The number of hydrogen-bond donors (Lipinski definition) is 0. The maximum atomic E-state index is 6.15. The average Bonchev–Trinajstić information content (AvgIpc) is 3.29. The Morgan fingerprint density at radius 3 is 2.42 bits per heavy atom. The summed E-state index contributed by atoms with van der Waals surface area (Å²) < 4.78 is 8.54. The summed E-state index contributed by atoms with van der Waals surface area (Å²) in [6, 6.07) is 32.5. The molecule has 0 aliphatic heterocycles. The monoisotopic (exact) mass is 423 g/mol. The van der Waals surface area contributed by atoms with E-state index in [1.807, 2.05) is 0 Å². The minimum Gasteiger partial charge on any atom is -0.456 e. The van der Waals surface area contributed by atoms with Gasteiger partial charge in [-0.15, -0.1) is 0 Å². The Hall–Kier alpha value is -4.30. The van der Waals surface area contributed by atoms with Gasteiger partial charge in [-0.3, -0.25) is 0 Å². The predicted octanol–water partition coefficient (Wildman–Crippen LogP) is 8.63. The van der Waals surface area contributed by atoms with Crippen molar-refractivity contribution in [2.75, 3.05) is 0 Å². The van der Waals surface area contributed by atoms with Crippen molar-refractivity contribution in [2.45, 2.75) is 6.42 Å². The van der Waals surface area contributed by atoms with Crippen LogP contribution in [0.2, 0.25) is 0 Å². The van der Waals surface area contributed by atoms with Crippen LogP contribution >= 0.6 is 0 Å². The molecule has 2 aromatic heterocycles. The number of fused-ring (bicyclic) bond motifs is 6. The lowest BCUT2D eigenvalue weighted by Crippen LogP contribution is -1.95. The molecule has 0 radical (unpaired) electrons. The van der Waals surface area contributed by atoms with E-state index >= 15 is 0 Å². The van der Waals surface area contributed by atoms with Gasteiger partial charge in [0.2, 0.25) is 0 Å². The largest absolute Gasteiger partial charge is 0.456 e. The molecule has 1 aliphatic rings. The van der Waals surface area contributed by atoms with Crippen LogP contribution in [0, 0.1) is 0 Å². The Labute approximate surface area is 191 Å². The highest BCUT2D eigenvalue weighted by molar-refractivity contribution is 6.14. The van der Waals surface area contributed by atoms with Crippen molar-refractivity contribution in [1.82, 2.24) is 4.57 Å². The summed E-state index contributed by atoms with van der Waals surface area (Å²) in [5, 5.41) is 3.69. The van der Waals surface area contributed by atoms with Gasteiger partial charge in [0.15, 0.2) is 0 Å². The molecule has 2 heterocycles. The normalized spacial score (nSPS) is 13.1. The standard InChI is InChI=1S/C31H21NO/c1-3-10-22(11-4-1)32-28-16-8-7-12-24(28)26-15-9-14-23(31(26)32)21-18-19-30-27(20-21)25-13-5-2-6-17-29(25)33-30/h1,3-20H,2H2. The highest BCUT2D eigenvalue weighted by atomic mass is 16.3. The number of furan rings is 1. The SMILES string of the molecule is C1=Cc2oc3ccc(-c4cccc5c6ccccc6n(-c6ccccc6)c45)cc3c2C=CC1. The summed E-state index contributed by atoms with van der Waals surface area (Å²) in [6.07, 6.45) is 9.54. The zero-order valence-corrected chi connectivity index (χ0v) is 18.0. The summed E-state index contributed by atoms with van der Waals surface area (Å²) in [7, 11) is 0. The van der Waals surface area contributed by atoms with E-state index in [2.05, 4.69) is 120 Å². The third-order valence-electron chi connectivity index (χ3n) is 6.60. The van der Waals surface area contributed by atoms with E-state index in [0.717, 1.165) is 28.7 Å².